The fourth-order valence-electron chi connectivity index (χ4n) is 2.04. The van der Waals surface area contributed by atoms with Crippen molar-refractivity contribution < 1.29 is 14.1 Å². The molecule has 0 unspecified atom stereocenters. The second-order valence-electron chi connectivity index (χ2n) is 6.50. The normalized spacial score (nSPS) is 19.9. The van der Waals surface area contributed by atoms with Crippen molar-refractivity contribution in [2.24, 2.45) is 0 Å². The third-order valence-corrected chi connectivity index (χ3v) is 5.45. The van der Waals surface area contributed by atoms with Crippen molar-refractivity contribution in [3.05, 3.63) is 34.0 Å². The standard InChI is InChI=1S/C16H21BBrNO3S/c1-11(20)23-10-13(8-12-6-7-14(18)19-9-12)17-21-15(2,3)16(4,5)22-17/h6-9H,10H2,1-5H3. The highest BCUT2D eigenvalue weighted by atomic mass is 79.9. The van der Waals surface area contributed by atoms with Gasteiger partial charge in [-0.1, -0.05) is 23.9 Å². The van der Waals surface area contributed by atoms with Crippen LogP contribution in [0.4, 0.5) is 0 Å². The highest BCUT2D eigenvalue weighted by Crippen LogP contribution is 2.39. The summed E-state index contributed by atoms with van der Waals surface area (Å²) in [4.78, 5) is 15.6. The summed E-state index contributed by atoms with van der Waals surface area (Å²) >= 11 is 4.58. The molecule has 2 rings (SSSR count). The van der Waals surface area contributed by atoms with E-state index >= 15 is 0 Å². The van der Waals surface area contributed by atoms with Crippen molar-refractivity contribution in [3.63, 3.8) is 0 Å². The zero-order valence-electron chi connectivity index (χ0n) is 14.1. The Morgan fingerprint density at radius 3 is 2.39 bits per heavy atom. The minimum atomic E-state index is -0.463. The van der Waals surface area contributed by atoms with Gasteiger partial charge in [0.1, 0.15) is 4.60 Å². The Balaban J connectivity index is 2.28. The van der Waals surface area contributed by atoms with Gasteiger partial charge in [-0.3, -0.25) is 4.79 Å². The molecule has 1 aromatic rings. The predicted molar refractivity (Wildman–Crippen MR) is 99.1 cm³/mol. The molecule has 0 aromatic carbocycles. The lowest BCUT2D eigenvalue weighted by Crippen LogP contribution is -2.41. The molecule has 0 N–H and O–H groups in total. The van der Waals surface area contributed by atoms with Gasteiger partial charge in [0.15, 0.2) is 5.12 Å². The molecule has 23 heavy (non-hydrogen) atoms. The molecule has 1 aliphatic rings. The summed E-state index contributed by atoms with van der Waals surface area (Å²) in [5.41, 5.74) is 1.06. The molecule has 0 saturated carbocycles. The first-order valence-electron chi connectivity index (χ1n) is 7.42. The topological polar surface area (TPSA) is 48.4 Å². The molecule has 0 atom stereocenters. The van der Waals surface area contributed by atoms with Crippen molar-refractivity contribution >= 4 is 46.0 Å². The number of hydrogen-bond donors (Lipinski definition) is 0. The monoisotopic (exact) mass is 397 g/mol. The Labute approximate surface area is 150 Å². The maximum Gasteiger partial charge on any atom is 0.491 e. The van der Waals surface area contributed by atoms with E-state index in [2.05, 4.69) is 20.9 Å². The first kappa shape index (κ1) is 18.7. The first-order chi connectivity index (χ1) is 10.6. The van der Waals surface area contributed by atoms with Gasteiger partial charge in [-0.2, -0.15) is 0 Å². The fourth-order valence-corrected chi connectivity index (χ4v) is 2.87. The van der Waals surface area contributed by atoms with Gasteiger partial charge in [-0.25, -0.2) is 4.98 Å². The molecule has 1 saturated heterocycles. The van der Waals surface area contributed by atoms with Gasteiger partial charge in [0, 0.05) is 18.9 Å². The Hall–Kier alpha value is -0.625. The summed E-state index contributed by atoms with van der Waals surface area (Å²) in [6, 6.07) is 3.84. The number of pyridine rings is 1. The summed E-state index contributed by atoms with van der Waals surface area (Å²) in [6.45, 7) is 9.63. The zero-order chi connectivity index (χ0) is 17.3. The molecular formula is C16H21BBrNO3S. The van der Waals surface area contributed by atoms with Crippen LogP contribution in [0.2, 0.25) is 0 Å². The van der Waals surface area contributed by atoms with E-state index in [-0.39, 0.29) is 5.12 Å². The van der Waals surface area contributed by atoms with Crippen LogP contribution in [0.1, 0.15) is 40.2 Å². The van der Waals surface area contributed by atoms with Crippen LogP contribution in [0, 0.1) is 0 Å². The third kappa shape index (κ3) is 4.69. The maximum absolute atomic E-state index is 11.4. The summed E-state index contributed by atoms with van der Waals surface area (Å²) in [6.07, 6.45) is 3.76. The molecule has 1 aliphatic heterocycles. The van der Waals surface area contributed by atoms with E-state index in [9.17, 15) is 4.79 Å². The van der Waals surface area contributed by atoms with Crippen LogP contribution in [0.5, 0.6) is 0 Å². The second-order valence-corrected chi connectivity index (χ2v) is 8.47. The summed E-state index contributed by atoms with van der Waals surface area (Å²) in [5, 5.41) is 0.0707. The highest BCUT2D eigenvalue weighted by Gasteiger charge is 2.52. The largest absolute Gasteiger partial charge is 0.491 e. The van der Waals surface area contributed by atoms with Crippen molar-refractivity contribution in [3.8, 4) is 0 Å². The lowest BCUT2D eigenvalue weighted by atomic mass is 9.78. The van der Waals surface area contributed by atoms with Gasteiger partial charge in [0.2, 0.25) is 0 Å². The minimum Gasteiger partial charge on any atom is -0.400 e. The lowest BCUT2D eigenvalue weighted by molar-refractivity contribution is -0.109. The smallest absolute Gasteiger partial charge is 0.400 e. The maximum atomic E-state index is 11.4. The van der Waals surface area contributed by atoms with E-state index in [1.165, 1.54) is 11.8 Å². The Morgan fingerprint density at radius 1 is 1.30 bits per heavy atom. The van der Waals surface area contributed by atoms with E-state index in [1.807, 2.05) is 45.9 Å². The molecule has 2 heterocycles. The number of thioether (sulfide) groups is 1. The molecule has 0 bridgehead atoms. The van der Waals surface area contributed by atoms with Crippen LogP contribution in [0.25, 0.3) is 6.08 Å². The summed E-state index contributed by atoms with van der Waals surface area (Å²) in [7, 11) is -0.463. The molecule has 7 heteroatoms. The fraction of sp³-hybridized carbons (Fsp3) is 0.500. The van der Waals surface area contributed by atoms with E-state index < -0.39 is 18.3 Å². The third-order valence-electron chi connectivity index (χ3n) is 4.10. The van der Waals surface area contributed by atoms with Crippen molar-refractivity contribution in [2.75, 3.05) is 5.75 Å². The van der Waals surface area contributed by atoms with Crippen LogP contribution in [0.3, 0.4) is 0 Å². The van der Waals surface area contributed by atoms with Gasteiger partial charge in [0.05, 0.1) is 11.2 Å². The SMILES string of the molecule is CC(=O)SCC(=Cc1ccc(Br)nc1)B1OC(C)(C)C(C)(C)O1. The van der Waals surface area contributed by atoms with Crippen LogP contribution in [0.15, 0.2) is 28.4 Å². The van der Waals surface area contributed by atoms with Crippen LogP contribution in [-0.4, -0.2) is 34.2 Å². The first-order valence-corrected chi connectivity index (χ1v) is 9.19. The Kier molecular flexibility index (Phi) is 5.77. The molecular weight excluding hydrogens is 377 g/mol. The van der Waals surface area contributed by atoms with Crippen LogP contribution < -0.4 is 0 Å². The molecule has 4 nitrogen and oxygen atoms in total. The van der Waals surface area contributed by atoms with E-state index in [4.69, 9.17) is 9.31 Å². The quantitative estimate of drug-likeness (QED) is 0.564. The Bertz CT molecular complexity index is 600. The highest BCUT2D eigenvalue weighted by molar-refractivity contribution is 9.10. The number of rotatable bonds is 4. The van der Waals surface area contributed by atoms with Gasteiger partial charge in [-0.15, -0.1) is 0 Å². The molecule has 1 fully saturated rings. The zero-order valence-corrected chi connectivity index (χ0v) is 16.5. The van der Waals surface area contributed by atoms with E-state index in [0.717, 1.165) is 15.6 Å². The summed E-state index contributed by atoms with van der Waals surface area (Å²) < 4.78 is 13.0. The molecule has 0 radical (unpaired) electrons. The Morgan fingerprint density at radius 2 is 1.91 bits per heavy atom. The van der Waals surface area contributed by atoms with Crippen molar-refractivity contribution in [2.45, 2.75) is 45.8 Å². The number of halogens is 1. The second kappa shape index (κ2) is 7.09. The molecule has 1 aromatic heterocycles. The average Bonchev–Trinajstić information content (AvgIpc) is 2.65. The van der Waals surface area contributed by atoms with Gasteiger partial charge < -0.3 is 9.31 Å². The van der Waals surface area contributed by atoms with Gasteiger partial charge in [0.25, 0.3) is 0 Å². The molecule has 0 amide bonds. The average molecular weight is 398 g/mol. The minimum absolute atomic E-state index is 0.0707. The predicted octanol–water partition coefficient (Wildman–Crippen LogP) is 4.14. The molecule has 124 valence electrons. The summed E-state index contributed by atoms with van der Waals surface area (Å²) in [5.74, 6) is 0.530. The lowest BCUT2D eigenvalue weighted by Gasteiger charge is -2.32. The molecule has 0 aliphatic carbocycles. The number of carbonyl (C=O) groups excluding carboxylic acids is 1. The number of hydrogen-bond acceptors (Lipinski definition) is 5. The van der Waals surface area contributed by atoms with E-state index in [1.54, 1.807) is 13.1 Å². The number of carbonyl (C=O) groups is 1. The van der Waals surface area contributed by atoms with E-state index in [0.29, 0.717) is 5.75 Å². The molecule has 0 spiro atoms. The van der Waals surface area contributed by atoms with Crippen molar-refractivity contribution in [1.29, 1.82) is 0 Å². The van der Waals surface area contributed by atoms with Crippen LogP contribution in [-0.2, 0) is 14.1 Å². The van der Waals surface area contributed by atoms with Crippen LogP contribution >= 0.6 is 27.7 Å². The number of aromatic nitrogens is 1. The van der Waals surface area contributed by atoms with Gasteiger partial charge in [-0.05, 0) is 60.7 Å². The number of nitrogens with zero attached hydrogens (tertiary/aromatic N) is 1. The van der Waals surface area contributed by atoms with Gasteiger partial charge >= 0.3 is 7.12 Å². The van der Waals surface area contributed by atoms with Crippen molar-refractivity contribution in [1.82, 2.24) is 4.98 Å².